The van der Waals surface area contributed by atoms with E-state index in [0.29, 0.717) is 19.8 Å². The molecule has 1 aromatic heterocycles. The molecular weight excluding hydrogens is 456 g/mol. The lowest BCUT2D eigenvalue weighted by Crippen LogP contribution is -2.37. The highest BCUT2D eigenvalue weighted by Crippen LogP contribution is 2.31. The van der Waals surface area contributed by atoms with Crippen molar-refractivity contribution in [2.24, 2.45) is 0 Å². The van der Waals surface area contributed by atoms with E-state index in [2.05, 4.69) is 20.9 Å². The quantitative estimate of drug-likeness (QED) is 0.452. The second kappa shape index (κ2) is 9.30. The SMILES string of the molecule is Clc1ccc(CC[C@@]2(Cn3ccnc3)OC[C@@H](COc3cccc(Br)c3)O2)cc1. The van der Waals surface area contributed by atoms with E-state index in [9.17, 15) is 0 Å². The van der Waals surface area contributed by atoms with E-state index in [0.717, 1.165) is 28.1 Å². The Balaban J connectivity index is 1.41. The summed E-state index contributed by atoms with van der Waals surface area (Å²) in [6.45, 7) is 1.50. The molecule has 0 amide bonds. The Labute approximate surface area is 183 Å². The van der Waals surface area contributed by atoms with E-state index < -0.39 is 5.79 Å². The molecule has 0 bridgehead atoms. The third-order valence-corrected chi connectivity index (χ3v) is 5.58. The molecule has 0 saturated carbocycles. The predicted molar refractivity (Wildman–Crippen MR) is 115 cm³/mol. The van der Waals surface area contributed by atoms with Crippen molar-refractivity contribution in [1.29, 1.82) is 0 Å². The lowest BCUT2D eigenvalue weighted by Gasteiger charge is -2.28. The first-order valence-corrected chi connectivity index (χ1v) is 10.7. The average Bonchev–Trinajstić information content (AvgIpc) is 3.37. The molecule has 2 aromatic carbocycles. The van der Waals surface area contributed by atoms with Gasteiger partial charge in [0.05, 0.1) is 19.5 Å². The van der Waals surface area contributed by atoms with Gasteiger partial charge in [-0.25, -0.2) is 4.98 Å². The maximum absolute atomic E-state index is 6.39. The van der Waals surface area contributed by atoms with Gasteiger partial charge >= 0.3 is 0 Å². The van der Waals surface area contributed by atoms with Crippen molar-refractivity contribution in [3.8, 4) is 5.75 Å². The summed E-state index contributed by atoms with van der Waals surface area (Å²) in [4.78, 5) is 4.13. The van der Waals surface area contributed by atoms with Gasteiger partial charge in [-0.2, -0.15) is 0 Å². The first-order valence-electron chi connectivity index (χ1n) is 9.51. The van der Waals surface area contributed by atoms with Gasteiger partial charge in [-0.15, -0.1) is 0 Å². The molecule has 29 heavy (non-hydrogen) atoms. The molecule has 3 aromatic rings. The molecule has 7 heteroatoms. The van der Waals surface area contributed by atoms with Crippen LogP contribution in [0.1, 0.15) is 12.0 Å². The van der Waals surface area contributed by atoms with Crippen molar-refractivity contribution in [2.75, 3.05) is 13.2 Å². The molecule has 4 rings (SSSR count). The van der Waals surface area contributed by atoms with Gasteiger partial charge < -0.3 is 18.8 Å². The Morgan fingerprint density at radius 3 is 2.86 bits per heavy atom. The normalized spacial score (nSPS) is 21.4. The van der Waals surface area contributed by atoms with E-state index in [-0.39, 0.29) is 6.10 Å². The first-order chi connectivity index (χ1) is 14.1. The molecule has 152 valence electrons. The van der Waals surface area contributed by atoms with Gasteiger partial charge in [0.1, 0.15) is 18.5 Å². The zero-order chi connectivity index (χ0) is 20.1. The number of ether oxygens (including phenoxy) is 3. The Morgan fingerprint density at radius 1 is 1.24 bits per heavy atom. The van der Waals surface area contributed by atoms with Crippen molar-refractivity contribution in [3.63, 3.8) is 0 Å². The van der Waals surface area contributed by atoms with Gasteiger partial charge in [-0.05, 0) is 42.3 Å². The van der Waals surface area contributed by atoms with Crippen LogP contribution in [-0.2, 0) is 22.4 Å². The van der Waals surface area contributed by atoms with Crippen LogP contribution < -0.4 is 4.74 Å². The molecule has 1 aliphatic heterocycles. The minimum atomic E-state index is -0.717. The largest absolute Gasteiger partial charge is 0.491 e. The first kappa shape index (κ1) is 20.4. The molecule has 1 aliphatic rings. The summed E-state index contributed by atoms with van der Waals surface area (Å²) in [6.07, 6.45) is 6.87. The van der Waals surface area contributed by atoms with Gasteiger partial charge in [0, 0.05) is 28.3 Å². The van der Waals surface area contributed by atoms with Crippen LogP contribution in [0, 0.1) is 0 Å². The van der Waals surface area contributed by atoms with Crippen LogP contribution in [0.4, 0.5) is 0 Å². The summed E-state index contributed by atoms with van der Waals surface area (Å²) >= 11 is 9.46. The van der Waals surface area contributed by atoms with Crippen LogP contribution in [0.3, 0.4) is 0 Å². The summed E-state index contributed by atoms with van der Waals surface area (Å²) < 4.78 is 21.5. The van der Waals surface area contributed by atoms with E-state index in [4.69, 9.17) is 25.8 Å². The highest BCUT2D eigenvalue weighted by atomic mass is 79.9. The Hall–Kier alpha value is -1.86. The molecule has 0 spiro atoms. The number of benzene rings is 2. The van der Waals surface area contributed by atoms with E-state index in [1.165, 1.54) is 5.56 Å². The second-order valence-electron chi connectivity index (χ2n) is 7.09. The fraction of sp³-hybridized carbons (Fsp3) is 0.318. The fourth-order valence-corrected chi connectivity index (χ4v) is 3.89. The maximum Gasteiger partial charge on any atom is 0.187 e. The number of rotatable bonds is 8. The molecule has 5 nitrogen and oxygen atoms in total. The van der Waals surface area contributed by atoms with Crippen molar-refractivity contribution >= 4 is 27.5 Å². The number of imidazole rings is 1. The van der Waals surface area contributed by atoms with Gasteiger partial charge in [0.15, 0.2) is 5.79 Å². The minimum Gasteiger partial charge on any atom is -0.491 e. The lowest BCUT2D eigenvalue weighted by molar-refractivity contribution is -0.184. The topological polar surface area (TPSA) is 45.5 Å². The highest BCUT2D eigenvalue weighted by Gasteiger charge is 2.42. The van der Waals surface area contributed by atoms with Crippen LogP contribution in [0.15, 0.2) is 71.7 Å². The molecular formula is C22H22BrClN2O3. The van der Waals surface area contributed by atoms with Crippen LogP contribution in [0.2, 0.25) is 5.02 Å². The van der Waals surface area contributed by atoms with Gasteiger partial charge in [0.2, 0.25) is 0 Å². The Kier molecular flexibility index (Phi) is 6.55. The third kappa shape index (κ3) is 5.60. The van der Waals surface area contributed by atoms with Gasteiger partial charge in [-0.3, -0.25) is 0 Å². The monoisotopic (exact) mass is 476 g/mol. The standard InChI is InChI=1S/C22H22BrClN2O3/c23-18-2-1-3-20(12-18)27-13-21-14-28-22(29-21,15-26-11-10-25-16-26)9-8-17-4-6-19(24)7-5-17/h1-7,10-12,16,21H,8-9,13-15H2/t21-,22-/m1/s1. The maximum atomic E-state index is 6.39. The van der Waals surface area contributed by atoms with Crippen molar-refractivity contribution < 1.29 is 14.2 Å². The Bertz CT molecular complexity index is 920. The molecule has 0 aliphatic carbocycles. The highest BCUT2D eigenvalue weighted by molar-refractivity contribution is 9.10. The summed E-state index contributed by atoms with van der Waals surface area (Å²) in [5.41, 5.74) is 1.19. The Morgan fingerprint density at radius 2 is 2.10 bits per heavy atom. The molecule has 1 fully saturated rings. The predicted octanol–water partition coefficient (Wildman–Crippen LogP) is 5.12. The summed E-state index contributed by atoms with van der Waals surface area (Å²) in [5.74, 6) is 0.0854. The molecule has 0 unspecified atom stereocenters. The van der Waals surface area contributed by atoms with Crippen molar-refractivity contribution in [1.82, 2.24) is 9.55 Å². The molecule has 2 heterocycles. The van der Waals surface area contributed by atoms with Gasteiger partial charge in [-0.1, -0.05) is 45.7 Å². The zero-order valence-electron chi connectivity index (χ0n) is 15.8. The van der Waals surface area contributed by atoms with Crippen molar-refractivity contribution in [3.05, 3.63) is 82.3 Å². The molecule has 1 saturated heterocycles. The number of aromatic nitrogens is 2. The fourth-order valence-electron chi connectivity index (χ4n) is 3.38. The number of hydrogen-bond acceptors (Lipinski definition) is 4. The van der Waals surface area contributed by atoms with Crippen LogP contribution in [-0.4, -0.2) is 34.7 Å². The van der Waals surface area contributed by atoms with Crippen LogP contribution in [0.5, 0.6) is 5.75 Å². The second-order valence-corrected chi connectivity index (χ2v) is 8.44. The average molecular weight is 478 g/mol. The number of aryl methyl sites for hydroxylation is 1. The van der Waals surface area contributed by atoms with E-state index in [1.807, 2.05) is 59.3 Å². The summed E-state index contributed by atoms with van der Waals surface area (Å²) in [7, 11) is 0. The van der Waals surface area contributed by atoms with Crippen molar-refractivity contribution in [2.45, 2.75) is 31.3 Å². The lowest BCUT2D eigenvalue weighted by atomic mass is 10.0. The van der Waals surface area contributed by atoms with Crippen LogP contribution >= 0.6 is 27.5 Å². The number of nitrogens with zero attached hydrogens (tertiary/aromatic N) is 2. The van der Waals surface area contributed by atoms with Crippen LogP contribution in [0.25, 0.3) is 0 Å². The van der Waals surface area contributed by atoms with E-state index >= 15 is 0 Å². The molecule has 2 atom stereocenters. The number of halogens is 2. The molecule has 0 radical (unpaired) electrons. The van der Waals surface area contributed by atoms with E-state index in [1.54, 1.807) is 12.5 Å². The van der Waals surface area contributed by atoms with Gasteiger partial charge in [0.25, 0.3) is 0 Å². The molecule has 0 N–H and O–H groups in total. The summed E-state index contributed by atoms with van der Waals surface area (Å²) in [6, 6.07) is 15.7. The third-order valence-electron chi connectivity index (χ3n) is 4.84. The zero-order valence-corrected chi connectivity index (χ0v) is 18.2. The number of hydrogen-bond donors (Lipinski definition) is 0. The minimum absolute atomic E-state index is 0.136. The summed E-state index contributed by atoms with van der Waals surface area (Å²) in [5, 5.41) is 0.736. The smallest absolute Gasteiger partial charge is 0.187 e.